The number of carboxylic acids is 1. The predicted molar refractivity (Wildman–Crippen MR) is 72.7 cm³/mol. The van der Waals surface area contributed by atoms with Gasteiger partial charge in [0.1, 0.15) is 0 Å². The first-order chi connectivity index (χ1) is 9.13. The van der Waals surface area contributed by atoms with Gasteiger partial charge in [-0.2, -0.15) is 0 Å². The Balaban J connectivity index is 1.87. The molecule has 0 bridgehead atoms. The first-order valence-corrected chi connectivity index (χ1v) is 6.15. The van der Waals surface area contributed by atoms with E-state index in [4.69, 9.17) is 5.11 Å². The zero-order valence-corrected chi connectivity index (χ0v) is 10.4. The monoisotopic (exact) mass is 260 g/mol. The average Bonchev–Trinajstić information content (AvgIpc) is 2.33. The fourth-order valence-electron chi connectivity index (χ4n) is 1.81. The summed E-state index contributed by atoms with van der Waals surface area (Å²) >= 11 is 0. The molecule has 19 heavy (non-hydrogen) atoms. The largest absolute Gasteiger partial charge is 0.478 e. The van der Waals surface area contributed by atoms with E-state index in [-0.39, 0.29) is 5.91 Å². The maximum atomic E-state index is 11.7. The molecule has 0 aromatic heterocycles. The predicted octanol–water partition coefficient (Wildman–Crippen LogP) is 1.33. The van der Waals surface area contributed by atoms with E-state index < -0.39 is 5.97 Å². The van der Waals surface area contributed by atoms with Gasteiger partial charge in [0.05, 0.1) is 0 Å². The Hall–Kier alpha value is -2.14. The Labute approximate surface area is 111 Å². The summed E-state index contributed by atoms with van der Waals surface area (Å²) in [6.07, 6.45) is 3.12. The van der Waals surface area contributed by atoms with Crippen molar-refractivity contribution < 1.29 is 14.7 Å². The van der Waals surface area contributed by atoms with Gasteiger partial charge in [0.25, 0.3) is 0 Å². The normalized spacial score (nSPS) is 15.2. The summed E-state index contributed by atoms with van der Waals surface area (Å²) in [5, 5.41) is 14.5. The molecular formula is C14H16N2O3. The van der Waals surface area contributed by atoms with Gasteiger partial charge in [-0.1, -0.05) is 12.1 Å². The Kier molecular flexibility index (Phi) is 4.30. The first kappa shape index (κ1) is 13.3. The van der Waals surface area contributed by atoms with Crippen molar-refractivity contribution in [3.63, 3.8) is 0 Å². The molecule has 5 nitrogen and oxygen atoms in total. The number of hydrogen-bond acceptors (Lipinski definition) is 3. The molecule has 0 radical (unpaired) electrons. The third kappa shape index (κ3) is 4.22. The van der Waals surface area contributed by atoms with E-state index in [0.29, 0.717) is 12.3 Å². The zero-order chi connectivity index (χ0) is 13.7. The molecule has 0 atom stereocenters. The van der Waals surface area contributed by atoms with Crippen LogP contribution >= 0.6 is 0 Å². The number of amides is 1. The number of nitrogens with one attached hydrogen (secondary N) is 2. The Bertz CT molecular complexity index is 490. The van der Waals surface area contributed by atoms with E-state index in [1.54, 1.807) is 24.3 Å². The summed E-state index contributed by atoms with van der Waals surface area (Å²) in [7, 11) is 0. The standard InChI is InChI=1S/C14H16N2O3/c17-13(7-11-8-15-9-11)16-12-4-1-10(2-5-12)3-6-14(18)19/h1-6,11,15H,7-9H2,(H,16,17)(H,18,19)/b6-3+. The van der Waals surface area contributed by atoms with Gasteiger partial charge in [0.15, 0.2) is 0 Å². The summed E-state index contributed by atoms with van der Waals surface area (Å²) in [5.41, 5.74) is 1.51. The van der Waals surface area contributed by atoms with Crippen molar-refractivity contribution in [1.29, 1.82) is 0 Å². The van der Waals surface area contributed by atoms with Crippen molar-refractivity contribution in [2.45, 2.75) is 6.42 Å². The van der Waals surface area contributed by atoms with Gasteiger partial charge in [-0.25, -0.2) is 4.79 Å². The topological polar surface area (TPSA) is 78.4 Å². The number of carbonyl (C=O) groups is 2. The fraction of sp³-hybridized carbons (Fsp3) is 0.286. The van der Waals surface area contributed by atoms with E-state index in [0.717, 1.165) is 30.4 Å². The minimum Gasteiger partial charge on any atom is -0.478 e. The second kappa shape index (κ2) is 6.15. The molecule has 5 heteroatoms. The minimum absolute atomic E-state index is 0.0142. The van der Waals surface area contributed by atoms with Gasteiger partial charge in [-0.3, -0.25) is 4.79 Å². The number of carboxylic acid groups (broad SMARTS) is 1. The van der Waals surface area contributed by atoms with Crippen molar-refractivity contribution in [2.75, 3.05) is 18.4 Å². The molecule has 1 heterocycles. The zero-order valence-electron chi connectivity index (χ0n) is 10.4. The summed E-state index contributed by atoms with van der Waals surface area (Å²) in [5.74, 6) is -0.524. The molecule has 3 N–H and O–H groups in total. The molecule has 0 spiro atoms. The lowest BCUT2D eigenvalue weighted by molar-refractivity contribution is -0.131. The first-order valence-electron chi connectivity index (χ1n) is 6.15. The molecule has 0 saturated carbocycles. The number of anilines is 1. The van der Waals surface area contributed by atoms with Crippen LogP contribution in [0.4, 0.5) is 5.69 Å². The van der Waals surface area contributed by atoms with Crippen molar-refractivity contribution in [3.05, 3.63) is 35.9 Å². The van der Waals surface area contributed by atoms with Gasteiger partial charge in [0.2, 0.25) is 5.91 Å². The van der Waals surface area contributed by atoms with Crippen LogP contribution in [-0.4, -0.2) is 30.1 Å². The van der Waals surface area contributed by atoms with Gasteiger partial charge in [-0.05, 0) is 42.8 Å². The minimum atomic E-state index is -0.980. The maximum Gasteiger partial charge on any atom is 0.328 e. The molecule has 2 rings (SSSR count). The third-order valence-corrected chi connectivity index (χ3v) is 2.95. The van der Waals surface area contributed by atoms with E-state index >= 15 is 0 Å². The van der Waals surface area contributed by atoms with Crippen LogP contribution in [0.5, 0.6) is 0 Å². The maximum absolute atomic E-state index is 11.7. The SMILES string of the molecule is O=C(O)/C=C/c1ccc(NC(=O)CC2CNC2)cc1. The lowest BCUT2D eigenvalue weighted by atomic mass is 9.99. The Morgan fingerprint density at radius 2 is 2.00 bits per heavy atom. The molecule has 1 saturated heterocycles. The van der Waals surface area contributed by atoms with Crippen molar-refractivity contribution >= 4 is 23.6 Å². The molecule has 1 aromatic rings. The number of benzene rings is 1. The van der Waals surface area contributed by atoms with Gasteiger partial charge in [-0.15, -0.1) is 0 Å². The van der Waals surface area contributed by atoms with Crippen LogP contribution in [0.25, 0.3) is 6.08 Å². The van der Waals surface area contributed by atoms with E-state index in [2.05, 4.69) is 10.6 Å². The quantitative estimate of drug-likeness (QED) is 0.698. The van der Waals surface area contributed by atoms with Crippen molar-refractivity contribution in [3.8, 4) is 0 Å². The second-order valence-electron chi connectivity index (χ2n) is 4.57. The third-order valence-electron chi connectivity index (χ3n) is 2.95. The Morgan fingerprint density at radius 1 is 1.32 bits per heavy atom. The summed E-state index contributed by atoms with van der Waals surface area (Å²) < 4.78 is 0. The lowest BCUT2D eigenvalue weighted by Crippen LogP contribution is -2.43. The smallest absolute Gasteiger partial charge is 0.328 e. The van der Waals surface area contributed by atoms with Crippen LogP contribution in [0.15, 0.2) is 30.3 Å². The molecule has 1 aliphatic rings. The van der Waals surface area contributed by atoms with E-state index in [9.17, 15) is 9.59 Å². The highest BCUT2D eigenvalue weighted by Crippen LogP contribution is 2.13. The van der Waals surface area contributed by atoms with Gasteiger partial charge < -0.3 is 15.7 Å². The highest BCUT2D eigenvalue weighted by Gasteiger charge is 2.19. The lowest BCUT2D eigenvalue weighted by Gasteiger charge is -2.26. The van der Waals surface area contributed by atoms with Crippen LogP contribution in [0, 0.1) is 5.92 Å². The molecule has 1 aliphatic heterocycles. The summed E-state index contributed by atoms with van der Waals surface area (Å²) in [6.45, 7) is 1.82. The van der Waals surface area contributed by atoms with E-state index in [1.165, 1.54) is 6.08 Å². The van der Waals surface area contributed by atoms with Crippen LogP contribution < -0.4 is 10.6 Å². The molecule has 0 unspecified atom stereocenters. The van der Waals surface area contributed by atoms with Crippen LogP contribution in [-0.2, 0) is 9.59 Å². The summed E-state index contributed by atoms with van der Waals surface area (Å²) in [4.78, 5) is 22.1. The van der Waals surface area contributed by atoms with Gasteiger partial charge in [0, 0.05) is 18.2 Å². The molecule has 1 amide bonds. The van der Waals surface area contributed by atoms with Crippen LogP contribution in [0.2, 0.25) is 0 Å². The Morgan fingerprint density at radius 3 is 2.53 bits per heavy atom. The van der Waals surface area contributed by atoms with E-state index in [1.807, 2.05) is 0 Å². The fourth-order valence-corrected chi connectivity index (χ4v) is 1.81. The van der Waals surface area contributed by atoms with Crippen molar-refractivity contribution in [2.24, 2.45) is 5.92 Å². The number of carbonyl (C=O) groups excluding carboxylic acids is 1. The van der Waals surface area contributed by atoms with Gasteiger partial charge >= 0.3 is 5.97 Å². The summed E-state index contributed by atoms with van der Waals surface area (Å²) in [6, 6.07) is 7.05. The molecule has 1 fully saturated rings. The number of hydrogen-bond donors (Lipinski definition) is 3. The second-order valence-corrected chi connectivity index (χ2v) is 4.57. The highest BCUT2D eigenvalue weighted by molar-refractivity contribution is 5.91. The number of aliphatic carboxylic acids is 1. The molecule has 100 valence electrons. The average molecular weight is 260 g/mol. The highest BCUT2D eigenvalue weighted by atomic mass is 16.4. The molecular weight excluding hydrogens is 244 g/mol. The van der Waals surface area contributed by atoms with Crippen LogP contribution in [0.1, 0.15) is 12.0 Å². The van der Waals surface area contributed by atoms with Crippen LogP contribution in [0.3, 0.4) is 0 Å². The number of rotatable bonds is 5. The molecule has 1 aromatic carbocycles. The van der Waals surface area contributed by atoms with Crippen molar-refractivity contribution in [1.82, 2.24) is 5.32 Å². The molecule has 0 aliphatic carbocycles.